The first-order chi connectivity index (χ1) is 7.57. The molecule has 0 aliphatic heterocycles. The van der Waals surface area contributed by atoms with Crippen LogP contribution >= 0.6 is 0 Å². The summed E-state index contributed by atoms with van der Waals surface area (Å²) in [6.07, 6.45) is 3.59. The quantitative estimate of drug-likeness (QED) is 0.672. The van der Waals surface area contributed by atoms with Gasteiger partial charge in [0.1, 0.15) is 0 Å². The van der Waals surface area contributed by atoms with E-state index in [9.17, 15) is 0 Å². The Kier molecular flexibility index (Phi) is 3.78. The number of benzene rings is 1. The minimum atomic E-state index is 0.479. The van der Waals surface area contributed by atoms with E-state index in [1.165, 1.54) is 0 Å². The van der Waals surface area contributed by atoms with Crippen LogP contribution in [0.3, 0.4) is 0 Å². The lowest BCUT2D eigenvalue weighted by molar-refractivity contribution is 1.34. The van der Waals surface area contributed by atoms with E-state index >= 15 is 0 Å². The van der Waals surface area contributed by atoms with E-state index in [1.807, 2.05) is 37.3 Å². The second kappa shape index (κ2) is 5.07. The molecule has 0 aliphatic rings. The van der Waals surface area contributed by atoms with Gasteiger partial charge in [-0.2, -0.15) is 0 Å². The average molecular weight is 215 g/mol. The minimum absolute atomic E-state index is 0.479. The third kappa shape index (κ3) is 2.45. The molecular formula is C13H17N3. The molecule has 0 unspecified atom stereocenters. The van der Waals surface area contributed by atoms with Crippen LogP contribution in [0.2, 0.25) is 0 Å². The van der Waals surface area contributed by atoms with Gasteiger partial charge in [-0.15, -0.1) is 0 Å². The van der Waals surface area contributed by atoms with Crippen molar-refractivity contribution in [2.75, 3.05) is 0 Å². The zero-order chi connectivity index (χ0) is 12.1. The van der Waals surface area contributed by atoms with Gasteiger partial charge in [0, 0.05) is 16.8 Å². The summed E-state index contributed by atoms with van der Waals surface area (Å²) in [5.41, 5.74) is 20.6. The van der Waals surface area contributed by atoms with Gasteiger partial charge in [0.15, 0.2) is 0 Å². The smallest absolute Gasteiger partial charge is 0.0628 e. The molecule has 0 saturated heterocycles. The van der Waals surface area contributed by atoms with Crippen molar-refractivity contribution in [1.29, 1.82) is 0 Å². The van der Waals surface area contributed by atoms with Crippen LogP contribution in [0.25, 0.3) is 11.4 Å². The summed E-state index contributed by atoms with van der Waals surface area (Å²) in [5, 5.41) is 0. The molecule has 0 radical (unpaired) electrons. The highest BCUT2D eigenvalue weighted by Gasteiger charge is 2.07. The Hall–Kier alpha value is -2.16. The minimum Gasteiger partial charge on any atom is -0.399 e. The number of nitrogens with two attached hydrogens (primary N) is 3. The Balaban J connectivity index is 3.33. The van der Waals surface area contributed by atoms with Gasteiger partial charge in [-0.05, 0) is 13.0 Å². The Labute approximate surface area is 95.9 Å². The summed E-state index contributed by atoms with van der Waals surface area (Å²) < 4.78 is 0. The van der Waals surface area contributed by atoms with Crippen molar-refractivity contribution >= 4 is 11.4 Å². The summed E-state index contributed by atoms with van der Waals surface area (Å²) in [6, 6.07) is 7.51. The fourth-order valence-electron chi connectivity index (χ4n) is 1.42. The van der Waals surface area contributed by atoms with Gasteiger partial charge in [0.05, 0.1) is 11.4 Å². The molecule has 1 aromatic rings. The standard InChI is InChI=1S/C13H17N3/c1-3-6-12(15)13(16)11-8-5-4-7-10(11)9(2)14/h3-8H,2,14-16H2,1H3/b6-3-,13-12+. The zero-order valence-corrected chi connectivity index (χ0v) is 9.40. The van der Waals surface area contributed by atoms with Crippen molar-refractivity contribution in [2.45, 2.75) is 6.92 Å². The van der Waals surface area contributed by atoms with E-state index in [1.54, 1.807) is 6.08 Å². The van der Waals surface area contributed by atoms with Gasteiger partial charge in [0.25, 0.3) is 0 Å². The molecule has 16 heavy (non-hydrogen) atoms. The molecule has 1 rings (SSSR count). The molecule has 0 heterocycles. The fourth-order valence-corrected chi connectivity index (χ4v) is 1.42. The molecule has 0 amide bonds. The molecule has 0 aromatic heterocycles. The van der Waals surface area contributed by atoms with Crippen molar-refractivity contribution in [3.8, 4) is 0 Å². The second-order valence-corrected chi connectivity index (χ2v) is 3.44. The normalized spacial score (nSPS) is 12.6. The third-order valence-electron chi connectivity index (χ3n) is 2.22. The van der Waals surface area contributed by atoms with Gasteiger partial charge in [-0.25, -0.2) is 0 Å². The van der Waals surface area contributed by atoms with Crippen molar-refractivity contribution in [1.82, 2.24) is 0 Å². The van der Waals surface area contributed by atoms with Gasteiger partial charge >= 0.3 is 0 Å². The van der Waals surface area contributed by atoms with E-state index in [-0.39, 0.29) is 0 Å². The van der Waals surface area contributed by atoms with Crippen molar-refractivity contribution in [3.05, 3.63) is 59.8 Å². The first-order valence-electron chi connectivity index (χ1n) is 5.00. The number of hydrogen-bond donors (Lipinski definition) is 3. The lowest BCUT2D eigenvalue weighted by Crippen LogP contribution is -2.10. The van der Waals surface area contributed by atoms with Crippen molar-refractivity contribution < 1.29 is 0 Å². The molecule has 1 aromatic carbocycles. The van der Waals surface area contributed by atoms with E-state index in [0.29, 0.717) is 17.1 Å². The second-order valence-electron chi connectivity index (χ2n) is 3.44. The summed E-state index contributed by atoms with van der Waals surface area (Å²) >= 11 is 0. The van der Waals surface area contributed by atoms with Crippen molar-refractivity contribution in [2.24, 2.45) is 17.2 Å². The van der Waals surface area contributed by atoms with Crippen LogP contribution in [0, 0.1) is 0 Å². The van der Waals surface area contributed by atoms with Crippen LogP contribution < -0.4 is 17.2 Å². The molecule has 6 N–H and O–H groups in total. The van der Waals surface area contributed by atoms with E-state index in [2.05, 4.69) is 6.58 Å². The summed E-state index contributed by atoms with van der Waals surface area (Å²) in [7, 11) is 0. The predicted octanol–water partition coefficient (Wildman–Crippen LogP) is 1.78. The molecule has 3 nitrogen and oxygen atoms in total. The van der Waals surface area contributed by atoms with Gasteiger partial charge in [-0.3, -0.25) is 0 Å². The van der Waals surface area contributed by atoms with Crippen molar-refractivity contribution in [3.63, 3.8) is 0 Å². The summed E-state index contributed by atoms with van der Waals surface area (Å²) in [6.45, 7) is 5.60. The van der Waals surface area contributed by atoms with E-state index < -0.39 is 0 Å². The predicted molar refractivity (Wildman–Crippen MR) is 69.8 cm³/mol. The lowest BCUT2D eigenvalue weighted by Gasteiger charge is -2.10. The van der Waals surface area contributed by atoms with Crippen LogP contribution in [0.15, 0.2) is 48.7 Å². The van der Waals surface area contributed by atoms with Crippen LogP contribution in [-0.2, 0) is 0 Å². The maximum atomic E-state index is 5.97. The SMILES string of the molecule is C=C(N)c1ccccc1/C(N)=C(N)/C=C\C. The number of rotatable bonds is 3. The maximum absolute atomic E-state index is 5.97. The molecule has 0 aliphatic carbocycles. The monoisotopic (exact) mass is 215 g/mol. The molecule has 3 heteroatoms. The lowest BCUT2D eigenvalue weighted by atomic mass is 10.0. The van der Waals surface area contributed by atoms with Crippen LogP contribution in [-0.4, -0.2) is 0 Å². The van der Waals surface area contributed by atoms with Crippen LogP contribution in [0.1, 0.15) is 18.1 Å². The topological polar surface area (TPSA) is 78.1 Å². The number of hydrogen-bond acceptors (Lipinski definition) is 3. The number of allylic oxidation sites excluding steroid dienone is 2. The Morgan fingerprint density at radius 2 is 1.69 bits per heavy atom. The third-order valence-corrected chi connectivity index (χ3v) is 2.22. The molecular weight excluding hydrogens is 198 g/mol. The largest absolute Gasteiger partial charge is 0.399 e. The average Bonchev–Trinajstić information content (AvgIpc) is 2.28. The zero-order valence-electron chi connectivity index (χ0n) is 9.40. The maximum Gasteiger partial charge on any atom is 0.0628 e. The van der Waals surface area contributed by atoms with Crippen LogP contribution in [0.5, 0.6) is 0 Å². The molecule has 0 saturated carbocycles. The first kappa shape index (κ1) is 11.9. The highest BCUT2D eigenvalue weighted by Crippen LogP contribution is 2.20. The van der Waals surface area contributed by atoms with Gasteiger partial charge in [-0.1, -0.05) is 36.9 Å². The Morgan fingerprint density at radius 1 is 1.12 bits per heavy atom. The molecule has 0 bridgehead atoms. The van der Waals surface area contributed by atoms with Crippen LogP contribution in [0.4, 0.5) is 0 Å². The van der Waals surface area contributed by atoms with Gasteiger partial charge in [0.2, 0.25) is 0 Å². The molecule has 0 spiro atoms. The Morgan fingerprint density at radius 3 is 2.19 bits per heavy atom. The molecule has 0 fully saturated rings. The molecule has 84 valence electrons. The summed E-state index contributed by atoms with van der Waals surface area (Å²) in [5.74, 6) is 0. The molecule has 0 atom stereocenters. The van der Waals surface area contributed by atoms with Gasteiger partial charge < -0.3 is 17.2 Å². The highest BCUT2D eigenvalue weighted by atomic mass is 14.7. The van der Waals surface area contributed by atoms with E-state index in [0.717, 1.165) is 11.1 Å². The fraction of sp³-hybridized carbons (Fsp3) is 0.0769. The van der Waals surface area contributed by atoms with E-state index in [4.69, 9.17) is 17.2 Å². The highest BCUT2D eigenvalue weighted by molar-refractivity contribution is 5.78. The first-order valence-corrected chi connectivity index (χ1v) is 5.00. The Bertz CT molecular complexity index is 456. The summed E-state index contributed by atoms with van der Waals surface area (Å²) in [4.78, 5) is 0.